The third-order valence-corrected chi connectivity index (χ3v) is 5.57. The lowest BCUT2D eigenvalue weighted by molar-refractivity contribution is 0.0926. The fourth-order valence-corrected chi connectivity index (χ4v) is 4.08. The predicted octanol–water partition coefficient (Wildman–Crippen LogP) is 3.66. The number of amides is 1. The number of nitrogens with one attached hydrogen (secondary N) is 1. The molecule has 3 aromatic rings. The fourth-order valence-electron chi connectivity index (χ4n) is 3.73. The molecule has 0 radical (unpaired) electrons. The Labute approximate surface area is 171 Å². The molecule has 0 spiro atoms. The third kappa shape index (κ3) is 3.99. The van der Waals surface area contributed by atoms with E-state index in [-0.39, 0.29) is 23.1 Å². The normalized spacial score (nSPS) is 14.9. The minimum absolute atomic E-state index is 0.142. The number of carbonyl (C=O) groups excluding carboxylic acids is 1. The number of hydrogen-bond acceptors (Lipinski definition) is 4. The van der Waals surface area contributed by atoms with Gasteiger partial charge in [-0.2, -0.15) is 0 Å². The second-order valence-corrected chi connectivity index (χ2v) is 8.10. The SMILES string of the molecule is O=C(NC1CCCCC1)c1cc2cc(Br)cnc2n(Cc2cccnc2)c1=O. The van der Waals surface area contributed by atoms with Crippen molar-refractivity contribution < 1.29 is 4.79 Å². The lowest BCUT2D eigenvalue weighted by Crippen LogP contribution is -2.40. The topological polar surface area (TPSA) is 76.9 Å². The second-order valence-electron chi connectivity index (χ2n) is 7.19. The van der Waals surface area contributed by atoms with Gasteiger partial charge in [-0.1, -0.05) is 25.3 Å². The maximum Gasteiger partial charge on any atom is 0.265 e. The van der Waals surface area contributed by atoms with Gasteiger partial charge < -0.3 is 5.32 Å². The third-order valence-electron chi connectivity index (χ3n) is 5.14. The summed E-state index contributed by atoms with van der Waals surface area (Å²) in [6.07, 6.45) is 10.4. The van der Waals surface area contributed by atoms with Crippen molar-refractivity contribution in [3.8, 4) is 0 Å². The van der Waals surface area contributed by atoms with E-state index in [2.05, 4.69) is 31.2 Å². The average Bonchev–Trinajstić information content (AvgIpc) is 2.71. The van der Waals surface area contributed by atoms with Gasteiger partial charge in [0.1, 0.15) is 11.2 Å². The number of pyridine rings is 3. The van der Waals surface area contributed by atoms with Gasteiger partial charge >= 0.3 is 0 Å². The van der Waals surface area contributed by atoms with Crippen LogP contribution in [-0.2, 0) is 6.54 Å². The van der Waals surface area contributed by atoms with Crippen LogP contribution in [-0.4, -0.2) is 26.5 Å². The molecule has 1 saturated carbocycles. The van der Waals surface area contributed by atoms with Gasteiger partial charge in [-0.15, -0.1) is 0 Å². The van der Waals surface area contributed by atoms with Gasteiger partial charge in [0.05, 0.1) is 6.54 Å². The van der Waals surface area contributed by atoms with Crippen LogP contribution < -0.4 is 10.9 Å². The molecule has 3 aromatic heterocycles. The number of nitrogens with zero attached hydrogens (tertiary/aromatic N) is 3. The smallest absolute Gasteiger partial charge is 0.265 e. The zero-order valence-electron chi connectivity index (χ0n) is 15.4. The van der Waals surface area contributed by atoms with E-state index in [1.54, 1.807) is 29.2 Å². The first-order valence-electron chi connectivity index (χ1n) is 9.50. The minimum Gasteiger partial charge on any atom is -0.349 e. The molecule has 3 heterocycles. The highest BCUT2D eigenvalue weighted by molar-refractivity contribution is 9.10. The summed E-state index contributed by atoms with van der Waals surface area (Å²) in [4.78, 5) is 34.6. The van der Waals surface area contributed by atoms with Crippen LogP contribution in [0.3, 0.4) is 0 Å². The van der Waals surface area contributed by atoms with Crippen LogP contribution in [0.4, 0.5) is 0 Å². The number of halogens is 1. The van der Waals surface area contributed by atoms with E-state index in [4.69, 9.17) is 0 Å². The Kier molecular flexibility index (Phi) is 5.52. The Balaban J connectivity index is 1.76. The van der Waals surface area contributed by atoms with Crippen molar-refractivity contribution in [2.75, 3.05) is 0 Å². The predicted molar refractivity (Wildman–Crippen MR) is 111 cm³/mol. The Hall–Kier alpha value is -2.54. The maximum atomic E-state index is 13.2. The molecule has 6 nitrogen and oxygen atoms in total. The Morgan fingerprint density at radius 3 is 2.79 bits per heavy atom. The number of aromatic nitrogens is 3. The molecule has 0 aromatic carbocycles. The molecular formula is C21H21BrN4O2. The molecule has 7 heteroatoms. The van der Waals surface area contributed by atoms with Gasteiger partial charge in [0.2, 0.25) is 0 Å². The van der Waals surface area contributed by atoms with Crippen LogP contribution in [0.2, 0.25) is 0 Å². The number of fused-ring (bicyclic) bond motifs is 1. The molecular weight excluding hydrogens is 420 g/mol. The van der Waals surface area contributed by atoms with E-state index in [0.717, 1.165) is 41.1 Å². The first-order valence-corrected chi connectivity index (χ1v) is 10.3. The van der Waals surface area contributed by atoms with Crippen LogP contribution in [0.1, 0.15) is 48.0 Å². The molecule has 0 aliphatic heterocycles. The van der Waals surface area contributed by atoms with Gasteiger partial charge in [0, 0.05) is 34.5 Å². The Morgan fingerprint density at radius 1 is 1.21 bits per heavy atom. The van der Waals surface area contributed by atoms with E-state index >= 15 is 0 Å². The van der Waals surface area contributed by atoms with Crippen molar-refractivity contribution in [2.24, 2.45) is 0 Å². The molecule has 0 bridgehead atoms. The number of carbonyl (C=O) groups is 1. The zero-order chi connectivity index (χ0) is 19.5. The molecule has 1 N–H and O–H groups in total. The molecule has 0 unspecified atom stereocenters. The van der Waals surface area contributed by atoms with Gasteiger partial charge in [-0.25, -0.2) is 4.98 Å². The number of hydrogen-bond donors (Lipinski definition) is 1. The molecule has 28 heavy (non-hydrogen) atoms. The van der Waals surface area contributed by atoms with Gasteiger partial charge in [-0.3, -0.25) is 19.1 Å². The van der Waals surface area contributed by atoms with Crippen molar-refractivity contribution in [1.29, 1.82) is 0 Å². The molecule has 144 valence electrons. The summed E-state index contributed by atoms with van der Waals surface area (Å²) in [5, 5.41) is 3.79. The van der Waals surface area contributed by atoms with Crippen LogP contribution in [0, 0.1) is 0 Å². The summed E-state index contributed by atoms with van der Waals surface area (Å²) in [5.74, 6) is -0.307. The van der Waals surface area contributed by atoms with Crippen molar-refractivity contribution in [3.05, 3.63) is 68.8 Å². The van der Waals surface area contributed by atoms with Crippen molar-refractivity contribution in [1.82, 2.24) is 19.9 Å². The summed E-state index contributed by atoms with van der Waals surface area (Å²) >= 11 is 3.42. The lowest BCUT2D eigenvalue weighted by atomic mass is 9.95. The van der Waals surface area contributed by atoms with Crippen molar-refractivity contribution >= 4 is 32.9 Å². The monoisotopic (exact) mass is 440 g/mol. The quantitative estimate of drug-likeness (QED) is 0.671. The average molecular weight is 441 g/mol. The zero-order valence-corrected chi connectivity index (χ0v) is 17.0. The summed E-state index contributed by atoms with van der Waals surface area (Å²) in [5.41, 5.74) is 1.24. The molecule has 4 rings (SSSR count). The first-order chi connectivity index (χ1) is 13.6. The summed E-state index contributed by atoms with van der Waals surface area (Å²) in [6, 6.07) is 7.39. The fraction of sp³-hybridized carbons (Fsp3) is 0.333. The van der Waals surface area contributed by atoms with Gasteiger partial charge in [0.15, 0.2) is 0 Å². The molecule has 1 amide bonds. The number of rotatable bonds is 4. The van der Waals surface area contributed by atoms with E-state index < -0.39 is 0 Å². The van der Waals surface area contributed by atoms with Gasteiger partial charge in [-0.05, 0) is 52.5 Å². The molecule has 1 aliphatic rings. The van der Waals surface area contributed by atoms with Crippen molar-refractivity contribution in [2.45, 2.75) is 44.7 Å². The summed E-state index contributed by atoms with van der Waals surface area (Å²) in [7, 11) is 0. The van der Waals surface area contributed by atoms with E-state index in [0.29, 0.717) is 12.2 Å². The largest absolute Gasteiger partial charge is 0.349 e. The Morgan fingerprint density at radius 2 is 2.04 bits per heavy atom. The van der Waals surface area contributed by atoms with Crippen LogP contribution in [0.25, 0.3) is 11.0 Å². The molecule has 0 saturated heterocycles. The van der Waals surface area contributed by atoms with E-state index in [1.165, 1.54) is 6.42 Å². The molecule has 1 fully saturated rings. The highest BCUT2D eigenvalue weighted by atomic mass is 79.9. The first kappa shape index (κ1) is 18.8. The Bertz CT molecular complexity index is 1060. The van der Waals surface area contributed by atoms with Crippen LogP contribution in [0.5, 0.6) is 0 Å². The maximum absolute atomic E-state index is 13.2. The molecule has 1 aliphatic carbocycles. The van der Waals surface area contributed by atoms with E-state index in [1.807, 2.05) is 18.2 Å². The summed E-state index contributed by atoms with van der Waals surface area (Å²) in [6.45, 7) is 0.308. The van der Waals surface area contributed by atoms with Crippen molar-refractivity contribution in [3.63, 3.8) is 0 Å². The van der Waals surface area contributed by atoms with Gasteiger partial charge in [0.25, 0.3) is 11.5 Å². The lowest BCUT2D eigenvalue weighted by Gasteiger charge is -2.23. The van der Waals surface area contributed by atoms with Crippen LogP contribution >= 0.6 is 15.9 Å². The summed E-state index contributed by atoms with van der Waals surface area (Å²) < 4.78 is 2.35. The highest BCUT2D eigenvalue weighted by Crippen LogP contribution is 2.20. The second kappa shape index (κ2) is 8.22. The standard InChI is InChI=1S/C21H21BrN4O2/c22-16-9-15-10-18(20(27)25-17-6-2-1-3-7-17)21(28)26(19(15)24-12-16)13-14-5-4-8-23-11-14/h4-5,8-12,17H,1-3,6-7,13H2,(H,25,27). The highest BCUT2D eigenvalue weighted by Gasteiger charge is 2.21. The minimum atomic E-state index is -0.334. The van der Waals surface area contributed by atoms with E-state index in [9.17, 15) is 9.59 Å². The van der Waals surface area contributed by atoms with Crippen LogP contribution in [0.15, 0.2) is 52.1 Å². The molecule has 0 atom stereocenters.